The van der Waals surface area contributed by atoms with Crippen molar-refractivity contribution in [3.05, 3.63) is 33.8 Å². The maximum Gasteiger partial charge on any atom is 0.267 e. The molecule has 0 spiro atoms. The minimum Gasteiger partial charge on any atom is -0.492 e. The number of likely N-dealkylation sites (tertiary alicyclic amines) is 1. The van der Waals surface area contributed by atoms with E-state index >= 15 is 0 Å². The van der Waals surface area contributed by atoms with Crippen LogP contribution in [-0.2, 0) is 4.79 Å². The zero-order valence-electron chi connectivity index (χ0n) is 13.4. The summed E-state index contributed by atoms with van der Waals surface area (Å²) in [6.45, 7) is -0.0885. The molecule has 138 valence electrons. The second-order valence-corrected chi connectivity index (χ2v) is 5.90. The second-order valence-electron chi connectivity index (χ2n) is 5.90. The van der Waals surface area contributed by atoms with Gasteiger partial charge in [0, 0.05) is 38.1 Å². The highest BCUT2D eigenvalue weighted by atomic mass is 19.3. The Morgan fingerprint density at radius 3 is 2.62 bits per heavy atom. The number of hydrogen-bond acceptors (Lipinski definition) is 5. The third kappa shape index (κ3) is 3.27. The van der Waals surface area contributed by atoms with Crippen molar-refractivity contribution in [1.29, 1.82) is 0 Å². The molecule has 3 heterocycles. The van der Waals surface area contributed by atoms with Crippen molar-refractivity contribution in [2.75, 3.05) is 13.1 Å². The summed E-state index contributed by atoms with van der Waals surface area (Å²) in [6.07, 6.45) is 1.71. The van der Waals surface area contributed by atoms with E-state index in [-0.39, 0.29) is 37.3 Å². The van der Waals surface area contributed by atoms with E-state index in [1.165, 1.54) is 17.0 Å². The van der Waals surface area contributed by atoms with Gasteiger partial charge in [-0.05, 0) is 6.08 Å². The third-order valence-electron chi connectivity index (χ3n) is 4.07. The lowest BCUT2D eigenvalue weighted by Crippen LogP contribution is -2.42. The molecule has 3 rings (SSSR count). The normalized spacial score (nSPS) is 17.1. The highest BCUT2D eigenvalue weighted by Gasteiger charge is 2.35. The van der Waals surface area contributed by atoms with Crippen LogP contribution in [-0.4, -0.2) is 55.4 Å². The lowest BCUT2D eigenvalue weighted by molar-refractivity contribution is -0.132. The number of halogens is 2. The van der Waals surface area contributed by atoms with Gasteiger partial charge in [-0.2, -0.15) is 9.61 Å². The highest BCUT2D eigenvalue weighted by molar-refractivity contribution is 5.95. The Kier molecular flexibility index (Phi) is 4.22. The Labute approximate surface area is 144 Å². The average molecular weight is 367 g/mol. The van der Waals surface area contributed by atoms with Gasteiger partial charge in [-0.3, -0.25) is 14.4 Å². The Morgan fingerprint density at radius 1 is 1.35 bits per heavy atom. The Bertz CT molecular complexity index is 968. The Hall–Kier alpha value is -3.24. The molecule has 1 fully saturated rings. The maximum absolute atomic E-state index is 13.1. The molecule has 11 heteroatoms. The van der Waals surface area contributed by atoms with E-state index in [9.17, 15) is 28.3 Å². The number of aromatic nitrogens is 3. The number of rotatable bonds is 3. The molecule has 26 heavy (non-hydrogen) atoms. The summed E-state index contributed by atoms with van der Waals surface area (Å²) >= 11 is 0. The molecule has 2 aromatic heterocycles. The zero-order chi connectivity index (χ0) is 19.1. The summed E-state index contributed by atoms with van der Waals surface area (Å²) in [5, 5.41) is 13.9. The van der Waals surface area contributed by atoms with Crippen LogP contribution in [0.25, 0.3) is 11.7 Å². The van der Waals surface area contributed by atoms with Crippen molar-refractivity contribution in [1.82, 2.24) is 19.5 Å². The zero-order valence-corrected chi connectivity index (χ0v) is 13.4. The van der Waals surface area contributed by atoms with Crippen LogP contribution in [0.2, 0.25) is 0 Å². The molecule has 9 nitrogen and oxygen atoms in total. The molecule has 0 bridgehead atoms. The predicted molar refractivity (Wildman–Crippen MR) is 85.8 cm³/mol. The molecule has 0 radical (unpaired) electrons. The SMILES string of the molecule is NC(=O)c1c(O)n2nc(C=CC(=O)N3CCC(F)(F)CC3)cc2[nH]c1=O. The van der Waals surface area contributed by atoms with Crippen molar-refractivity contribution < 1.29 is 23.5 Å². The van der Waals surface area contributed by atoms with Gasteiger partial charge in [0.1, 0.15) is 5.65 Å². The molecule has 0 saturated carbocycles. The van der Waals surface area contributed by atoms with Crippen molar-refractivity contribution in [3.63, 3.8) is 0 Å². The maximum atomic E-state index is 13.1. The van der Waals surface area contributed by atoms with Gasteiger partial charge in [0.2, 0.25) is 11.8 Å². The lowest BCUT2D eigenvalue weighted by Gasteiger charge is -2.30. The summed E-state index contributed by atoms with van der Waals surface area (Å²) in [4.78, 5) is 38.6. The van der Waals surface area contributed by atoms with Gasteiger partial charge in [0.05, 0.1) is 5.69 Å². The third-order valence-corrected chi connectivity index (χ3v) is 4.07. The highest BCUT2D eigenvalue weighted by Crippen LogP contribution is 2.27. The van der Waals surface area contributed by atoms with Crippen LogP contribution in [0.1, 0.15) is 28.9 Å². The fraction of sp³-hybridized carbons (Fsp3) is 0.333. The van der Waals surface area contributed by atoms with Gasteiger partial charge >= 0.3 is 0 Å². The van der Waals surface area contributed by atoms with Crippen LogP contribution in [0.3, 0.4) is 0 Å². The number of fused-ring (bicyclic) bond motifs is 1. The molecule has 2 aromatic rings. The number of H-pyrrole nitrogens is 1. The van der Waals surface area contributed by atoms with E-state index < -0.39 is 34.7 Å². The summed E-state index contributed by atoms with van der Waals surface area (Å²) in [5.41, 5.74) is 3.81. The molecule has 1 aliphatic heterocycles. The number of primary amides is 1. The van der Waals surface area contributed by atoms with Crippen LogP contribution < -0.4 is 11.3 Å². The number of carbonyl (C=O) groups is 2. The number of aromatic amines is 1. The number of nitrogens with two attached hydrogens (primary N) is 1. The van der Waals surface area contributed by atoms with Crippen molar-refractivity contribution >= 4 is 23.5 Å². The van der Waals surface area contributed by atoms with Gasteiger partial charge in [0.25, 0.3) is 17.4 Å². The predicted octanol–water partition coefficient (Wildman–Crippen LogP) is 0.0980. The van der Waals surface area contributed by atoms with E-state index in [1.807, 2.05) is 0 Å². The second kappa shape index (κ2) is 6.24. The van der Waals surface area contributed by atoms with Gasteiger partial charge < -0.3 is 20.7 Å². The first kappa shape index (κ1) is 17.6. The van der Waals surface area contributed by atoms with E-state index in [1.54, 1.807) is 0 Å². The number of nitrogens with zero attached hydrogens (tertiary/aromatic N) is 3. The molecular weight excluding hydrogens is 352 g/mol. The molecule has 0 aliphatic carbocycles. The Balaban J connectivity index is 1.82. The fourth-order valence-corrected chi connectivity index (χ4v) is 2.66. The summed E-state index contributed by atoms with van der Waals surface area (Å²) < 4.78 is 27.1. The monoisotopic (exact) mass is 367 g/mol. The minimum absolute atomic E-state index is 0.0442. The van der Waals surface area contributed by atoms with Gasteiger partial charge in [0.15, 0.2) is 5.56 Å². The van der Waals surface area contributed by atoms with Gasteiger partial charge in [-0.1, -0.05) is 0 Å². The molecule has 1 saturated heterocycles. The first-order valence-electron chi connectivity index (χ1n) is 7.67. The van der Waals surface area contributed by atoms with Crippen LogP contribution in [0.4, 0.5) is 8.78 Å². The van der Waals surface area contributed by atoms with Crippen molar-refractivity contribution in [2.24, 2.45) is 5.73 Å². The molecule has 0 aromatic carbocycles. The molecule has 0 unspecified atom stereocenters. The average Bonchev–Trinajstić information content (AvgIpc) is 2.95. The van der Waals surface area contributed by atoms with Gasteiger partial charge in [-0.25, -0.2) is 8.78 Å². The minimum atomic E-state index is -2.75. The smallest absolute Gasteiger partial charge is 0.267 e. The molecular formula is C15H15F2N5O4. The first-order chi connectivity index (χ1) is 12.2. The van der Waals surface area contributed by atoms with Crippen LogP contribution in [0.5, 0.6) is 5.88 Å². The van der Waals surface area contributed by atoms with Gasteiger partial charge in [-0.15, -0.1) is 0 Å². The summed E-state index contributed by atoms with van der Waals surface area (Å²) in [7, 11) is 0. The first-order valence-corrected chi connectivity index (χ1v) is 7.67. The number of alkyl halides is 2. The van der Waals surface area contributed by atoms with E-state index in [0.29, 0.717) is 0 Å². The lowest BCUT2D eigenvalue weighted by atomic mass is 10.1. The molecule has 4 N–H and O–H groups in total. The van der Waals surface area contributed by atoms with Crippen LogP contribution >= 0.6 is 0 Å². The summed E-state index contributed by atoms with van der Waals surface area (Å²) in [5.74, 6) is -5.03. The number of aromatic hydroxyl groups is 1. The van der Waals surface area contributed by atoms with Crippen molar-refractivity contribution in [3.8, 4) is 5.88 Å². The molecule has 0 atom stereocenters. The number of carbonyl (C=O) groups excluding carboxylic acids is 2. The largest absolute Gasteiger partial charge is 0.492 e. The number of hydrogen-bond donors (Lipinski definition) is 3. The number of nitrogens with one attached hydrogen (secondary N) is 1. The number of amides is 2. The fourth-order valence-electron chi connectivity index (χ4n) is 2.66. The number of piperidine rings is 1. The van der Waals surface area contributed by atoms with E-state index in [2.05, 4.69) is 10.1 Å². The molecule has 1 aliphatic rings. The summed E-state index contributed by atoms with van der Waals surface area (Å²) in [6, 6.07) is 1.36. The van der Waals surface area contributed by atoms with Crippen molar-refractivity contribution in [2.45, 2.75) is 18.8 Å². The van der Waals surface area contributed by atoms with E-state index in [0.717, 1.165) is 10.6 Å². The topological polar surface area (TPSA) is 134 Å². The molecule has 2 amide bonds. The van der Waals surface area contributed by atoms with Crippen LogP contribution in [0, 0.1) is 0 Å². The quantitative estimate of drug-likeness (QED) is 0.662. The standard InChI is InChI=1S/C15H15F2N5O4/c16-15(17)3-5-21(6-4-15)10(23)2-1-8-7-9-19-13(25)11(12(18)24)14(26)22(9)20-8/h1-2,7,26H,3-6H2,(H2,18,24)(H,19,25). The van der Waals surface area contributed by atoms with E-state index in [4.69, 9.17) is 5.73 Å². The van der Waals surface area contributed by atoms with Crippen LogP contribution in [0.15, 0.2) is 16.9 Å². The Morgan fingerprint density at radius 2 is 2.00 bits per heavy atom.